The van der Waals surface area contributed by atoms with Crippen LogP contribution in [-0.4, -0.2) is 40.0 Å². The molecule has 2 N–H and O–H groups in total. The number of fused-ring (bicyclic) bond motifs is 1. The first kappa shape index (κ1) is 18.6. The van der Waals surface area contributed by atoms with Gasteiger partial charge in [0.25, 0.3) is 5.91 Å². The van der Waals surface area contributed by atoms with Crippen LogP contribution in [-0.2, 0) is 11.2 Å². The zero-order valence-corrected chi connectivity index (χ0v) is 15.9. The van der Waals surface area contributed by atoms with Crippen LogP contribution in [0.3, 0.4) is 0 Å². The number of benzene rings is 2. The molecule has 6 nitrogen and oxygen atoms in total. The first-order valence-electron chi connectivity index (χ1n) is 9.14. The van der Waals surface area contributed by atoms with E-state index in [0.717, 1.165) is 22.0 Å². The van der Waals surface area contributed by atoms with Gasteiger partial charge in [-0.3, -0.25) is 14.7 Å². The molecule has 0 fully saturated rings. The highest BCUT2D eigenvalue weighted by Gasteiger charge is 2.15. The summed E-state index contributed by atoms with van der Waals surface area (Å²) in [6.45, 7) is 7.34. The second kappa shape index (κ2) is 8.03. The molecule has 6 heteroatoms. The van der Waals surface area contributed by atoms with Gasteiger partial charge in [0.2, 0.25) is 5.91 Å². The van der Waals surface area contributed by atoms with Crippen molar-refractivity contribution in [2.75, 3.05) is 18.4 Å². The predicted octanol–water partition coefficient (Wildman–Crippen LogP) is 3.53. The Morgan fingerprint density at radius 3 is 2.44 bits per heavy atom. The lowest BCUT2D eigenvalue weighted by molar-refractivity contribution is -0.130. The number of carbonyl (C=O) groups is 2. The fraction of sp³-hybridized carbons (Fsp3) is 0.286. The van der Waals surface area contributed by atoms with Crippen molar-refractivity contribution in [2.24, 2.45) is 0 Å². The minimum atomic E-state index is -0.265. The smallest absolute Gasteiger partial charge is 0.276 e. The van der Waals surface area contributed by atoms with Crippen molar-refractivity contribution in [2.45, 2.75) is 27.2 Å². The molecule has 0 aliphatic heterocycles. The summed E-state index contributed by atoms with van der Waals surface area (Å²) in [6, 6.07) is 13.2. The molecular formula is C21H24N4O2. The van der Waals surface area contributed by atoms with E-state index in [1.165, 1.54) is 0 Å². The van der Waals surface area contributed by atoms with Crippen LogP contribution in [0.25, 0.3) is 10.9 Å². The maximum Gasteiger partial charge on any atom is 0.276 e. The molecule has 2 aromatic carbocycles. The molecule has 27 heavy (non-hydrogen) atoms. The molecule has 0 bridgehead atoms. The van der Waals surface area contributed by atoms with Crippen LogP contribution in [0, 0.1) is 6.92 Å². The summed E-state index contributed by atoms with van der Waals surface area (Å²) in [5.74, 6) is -0.158. The predicted molar refractivity (Wildman–Crippen MR) is 107 cm³/mol. The van der Waals surface area contributed by atoms with Crippen LogP contribution in [0.5, 0.6) is 0 Å². The van der Waals surface area contributed by atoms with E-state index in [9.17, 15) is 9.59 Å². The van der Waals surface area contributed by atoms with Crippen molar-refractivity contribution in [3.05, 3.63) is 59.3 Å². The normalized spacial score (nSPS) is 10.8. The molecule has 140 valence electrons. The zero-order chi connectivity index (χ0) is 19.4. The fourth-order valence-electron chi connectivity index (χ4n) is 3.06. The van der Waals surface area contributed by atoms with Gasteiger partial charge < -0.3 is 10.2 Å². The van der Waals surface area contributed by atoms with E-state index in [1.54, 1.807) is 4.90 Å². The lowest BCUT2D eigenvalue weighted by Crippen LogP contribution is -2.31. The Hall–Kier alpha value is -3.15. The summed E-state index contributed by atoms with van der Waals surface area (Å²) in [5.41, 5.74) is 3.86. The summed E-state index contributed by atoms with van der Waals surface area (Å²) in [5, 5.41) is 10.7. The number of likely N-dealkylation sites (N-methyl/N-ethyl adjacent to an activating group) is 1. The minimum absolute atomic E-state index is 0.107. The van der Waals surface area contributed by atoms with Crippen LogP contribution >= 0.6 is 0 Å². The number of H-pyrrole nitrogens is 1. The van der Waals surface area contributed by atoms with Gasteiger partial charge in [0, 0.05) is 24.2 Å². The Morgan fingerprint density at radius 2 is 1.78 bits per heavy atom. The third-order valence-electron chi connectivity index (χ3n) is 4.62. The minimum Gasteiger partial charge on any atom is -0.343 e. The number of rotatable bonds is 6. The number of nitrogens with one attached hydrogen (secondary N) is 2. The second-order valence-corrected chi connectivity index (χ2v) is 6.52. The molecule has 3 aromatic rings. The third kappa shape index (κ3) is 4.16. The standard InChI is InChI=1S/C21H24N4O2/c1-4-25(5-2)19(26)13-15-7-9-16(10-8-15)22-21(27)20-17-12-14(3)6-11-18(17)23-24-20/h6-12H,4-5,13H2,1-3H3,(H,22,27)(H,23,24). The van der Waals surface area contributed by atoms with Crippen molar-refractivity contribution in [1.29, 1.82) is 0 Å². The molecule has 3 rings (SSSR count). The Labute approximate surface area is 158 Å². The van der Waals surface area contributed by atoms with Crippen LogP contribution in [0.15, 0.2) is 42.5 Å². The second-order valence-electron chi connectivity index (χ2n) is 6.52. The number of aromatic nitrogens is 2. The molecule has 0 radical (unpaired) electrons. The van der Waals surface area contributed by atoms with Gasteiger partial charge in [0.1, 0.15) is 0 Å². The average Bonchev–Trinajstić information content (AvgIpc) is 3.07. The van der Waals surface area contributed by atoms with Gasteiger partial charge >= 0.3 is 0 Å². The highest BCUT2D eigenvalue weighted by molar-refractivity contribution is 6.11. The van der Waals surface area contributed by atoms with E-state index in [1.807, 2.05) is 63.2 Å². The Bertz CT molecular complexity index is 956. The van der Waals surface area contributed by atoms with Crippen LogP contribution in [0.1, 0.15) is 35.5 Å². The molecule has 0 spiro atoms. The first-order valence-corrected chi connectivity index (χ1v) is 9.14. The van der Waals surface area contributed by atoms with E-state index in [4.69, 9.17) is 0 Å². The van der Waals surface area contributed by atoms with E-state index in [0.29, 0.717) is 30.9 Å². The number of anilines is 1. The van der Waals surface area contributed by atoms with Gasteiger partial charge in [-0.25, -0.2) is 0 Å². The third-order valence-corrected chi connectivity index (χ3v) is 4.62. The number of aromatic amines is 1. The number of aryl methyl sites for hydroxylation is 1. The highest BCUT2D eigenvalue weighted by Crippen LogP contribution is 2.19. The first-order chi connectivity index (χ1) is 13.0. The van der Waals surface area contributed by atoms with E-state index < -0.39 is 0 Å². The topological polar surface area (TPSA) is 78.1 Å². The quantitative estimate of drug-likeness (QED) is 0.702. The van der Waals surface area contributed by atoms with Crippen molar-refractivity contribution >= 4 is 28.4 Å². The molecule has 0 aliphatic rings. The van der Waals surface area contributed by atoms with Gasteiger partial charge in [-0.2, -0.15) is 5.10 Å². The number of nitrogens with zero attached hydrogens (tertiary/aromatic N) is 2. The Balaban J connectivity index is 1.69. The maximum atomic E-state index is 12.6. The summed E-state index contributed by atoms with van der Waals surface area (Å²) >= 11 is 0. The van der Waals surface area contributed by atoms with Crippen molar-refractivity contribution in [1.82, 2.24) is 15.1 Å². The van der Waals surface area contributed by atoms with Gasteiger partial charge in [-0.1, -0.05) is 23.8 Å². The Kier molecular flexibility index (Phi) is 5.54. The molecule has 0 saturated heterocycles. The number of carbonyl (C=O) groups excluding carboxylic acids is 2. The largest absolute Gasteiger partial charge is 0.343 e. The van der Waals surface area contributed by atoms with Crippen LogP contribution in [0.4, 0.5) is 5.69 Å². The van der Waals surface area contributed by atoms with Crippen molar-refractivity contribution in [3.8, 4) is 0 Å². The van der Waals surface area contributed by atoms with Gasteiger partial charge in [-0.05, 0) is 50.6 Å². The molecule has 1 aromatic heterocycles. The van der Waals surface area contributed by atoms with E-state index in [-0.39, 0.29) is 11.8 Å². The maximum absolute atomic E-state index is 12.6. The highest BCUT2D eigenvalue weighted by atomic mass is 16.2. The molecule has 0 unspecified atom stereocenters. The van der Waals surface area contributed by atoms with Crippen molar-refractivity contribution in [3.63, 3.8) is 0 Å². The monoisotopic (exact) mass is 364 g/mol. The number of amides is 2. The fourth-order valence-corrected chi connectivity index (χ4v) is 3.06. The average molecular weight is 364 g/mol. The van der Waals surface area contributed by atoms with Gasteiger partial charge in [-0.15, -0.1) is 0 Å². The lowest BCUT2D eigenvalue weighted by Gasteiger charge is -2.18. The van der Waals surface area contributed by atoms with Gasteiger partial charge in [0.15, 0.2) is 5.69 Å². The van der Waals surface area contributed by atoms with Crippen molar-refractivity contribution < 1.29 is 9.59 Å². The zero-order valence-electron chi connectivity index (χ0n) is 15.9. The summed E-state index contributed by atoms with van der Waals surface area (Å²) < 4.78 is 0. The molecular weight excluding hydrogens is 340 g/mol. The molecule has 0 saturated carbocycles. The number of hydrogen-bond donors (Lipinski definition) is 2. The SMILES string of the molecule is CCN(CC)C(=O)Cc1ccc(NC(=O)c2n[nH]c3ccc(C)cc23)cc1. The molecule has 0 atom stereocenters. The van der Waals surface area contributed by atoms with E-state index in [2.05, 4.69) is 15.5 Å². The summed E-state index contributed by atoms with van der Waals surface area (Å²) in [7, 11) is 0. The molecule has 0 aliphatic carbocycles. The number of hydrogen-bond acceptors (Lipinski definition) is 3. The summed E-state index contributed by atoms with van der Waals surface area (Å²) in [6.07, 6.45) is 0.360. The van der Waals surface area contributed by atoms with Crippen LogP contribution in [0.2, 0.25) is 0 Å². The summed E-state index contributed by atoms with van der Waals surface area (Å²) in [4.78, 5) is 26.6. The van der Waals surface area contributed by atoms with Gasteiger partial charge in [0.05, 0.1) is 11.9 Å². The van der Waals surface area contributed by atoms with Crippen LogP contribution < -0.4 is 5.32 Å². The lowest BCUT2D eigenvalue weighted by atomic mass is 10.1. The molecule has 2 amide bonds. The molecule has 1 heterocycles. The van der Waals surface area contributed by atoms with E-state index >= 15 is 0 Å². The Morgan fingerprint density at radius 1 is 1.07 bits per heavy atom.